The second-order valence-electron chi connectivity index (χ2n) is 2.29. The molecule has 0 fully saturated rings. The summed E-state index contributed by atoms with van der Waals surface area (Å²) in [5.74, 6) is 0. The highest BCUT2D eigenvalue weighted by molar-refractivity contribution is 8.94. The van der Waals surface area contributed by atoms with Crippen LogP contribution in [0.3, 0.4) is 0 Å². The highest BCUT2D eigenvalue weighted by atomic mass is 33.0. The Morgan fingerprint density at radius 3 is 2.50 bits per heavy atom. The zero-order chi connectivity index (χ0) is 9.56. The molecule has 0 N–H and O–H groups in total. The van der Waals surface area contributed by atoms with E-state index in [0.717, 1.165) is 15.9 Å². The van der Waals surface area contributed by atoms with Gasteiger partial charge in [0.25, 0.3) is 0 Å². The van der Waals surface area contributed by atoms with Crippen molar-refractivity contribution in [2.75, 3.05) is 0 Å². The Bertz CT molecular complexity index is 145. The van der Waals surface area contributed by atoms with Gasteiger partial charge in [-0.2, -0.15) is 0 Å². The summed E-state index contributed by atoms with van der Waals surface area (Å²) in [6.45, 7) is 4.78. The van der Waals surface area contributed by atoms with E-state index in [1.807, 2.05) is 0 Å². The van der Waals surface area contributed by atoms with E-state index in [2.05, 4.69) is 46.7 Å². The third kappa shape index (κ3) is 5.59. The number of rotatable bonds is 5. The van der Waals surface area contributed by atoms with Crippen LogP contribution in [-0.4, -0.2) is 0 Å². The third-order valence-electron chi connectivity index (χ3n) is 1.40. The fourth-order valence-electron chi connectivity index (χ4n) is 0.841. The van der Waals surface area contributed by atoms with Crippen molar-refractivity contribution in [2.45, 2.75) is 20.3 Å². The van der Waals surface area contributed by atoms with Crippen LogP contribution in [0.4, 0.5) is 0 Å². The molecule has 0 saturated carbocycles. The predicted octanol–water partition coefficient (Wildman–Crippen LogP) is 5.47. The molecule has 0 aliphatic carbocycles. The lowest BCUT2D eigenvalue weighted by Gasteiger charge is -2.13. The average molecular weight is 295 g/mol. The molecule has 0 rings (SSSR count). The van der Waals surface area contributed by atoms with Crippen molar-refractivity contribution in [2.24, 2.45) is 0 Å². The van der Waals surface area contributed by atoms with Crippen molar-refractivity contribution >= 4 is 57.0 Å². The molecule has 12 heavy (non-hydrogen) atoms. The average Bonchev–Trinajstić information content (AvgIpc) is 2.06. The second kappa shape index (κ2) is 9.01. The molecule has 0 aliphatic rings. The van der Waals surface area contributed by atoms with Gasteiger partial charge in [0.2, 0.25) is 0 Å². The molecule has 0 amide bonds. The van der Waals surface area contributed by atoms with Gasteiger partial charge < -0.3 is 0 Å². The van der Waals surface area contributed by atoms with Crippen LogP contribution in [0.1, 0.15) is 20.3 Å². The molecule has 0 spiro atoms. The molecule has 0 bridgehead atoms. The Kier molecular flexibility index (Phi) is 11.1. The van der Waals surface area contributed by atoms with E-state index in [-0.39, 0.29) is 14.3 Å². The van der Waals surface area contributed by atoms with E-state index in [1.165, 1.54) is 6.42 Å². The highest BCUT2D eigenvalue weighted by Gasteiger charge is 2.23. The van der Waals surface area contributed by atoms with E-state index >= 15 is 0 Å². The van der Waals surface area contributed by atoms with Gasteiger partial charge in [0.05, 0.1) is 20.6 Å². The van der Waals surface area contributed by atoms with E-state index in [4.69, 9.17) is 0 Å². The molecule has 0 radical (unpaired) electrons. The van der Waals surface area contributed by atoms with Gasteiger partial charge in [0, 0.05) is 0 Å². The topological polar surface area (TPSA) is 0 Å². The molecule has 0 saturated heterocycles. The quantitative estimate of drug-likeness (QED) is 0.590. The second-order valence-corrected chi connectivity index (χ2v) is 24.6. The molecule has 0 aliphatic heterocycles. The van der Waals surface area contributed by atoms with Gasteiger partial charge in [-0.15, -0.1) is 8.93 Å². The summed E-state index contributed by atoms with van der Waals surface area (Å²) in [5, 5.41) is 1.69. The summed E-state index contributed by atoms with van der Waals surface area (Å²) in [5.41, 5.74) is 0. The van der Waals surface area contributed by atoms with E-state index in [0.29, 0.717) is 0 Å². The first kappa shape index (κ1) is 14.8. The van der Waals surface area contributed by atoms with Crippen LogP contribution in [0.15, 0.2) is 11.4 Å². The Labute approximate surface area is 88.7 Å². The smallest absolute Gasteiger partial charge is 0.100 e. The van der Waals surface area contributed by atoms with Crippen molar-refractivity contribution in [3.8, 4) is 0 Å². The van der Waals surface area contributed by atoms with Crippen LogP contribution in [0, 0.1) is 0 Å². The lowest BCUT2D eigenvalue weighted by molar-refractivity contribution is 1.21. The Morgan fingerprint density at radius 2 is 2.17 bits per heavy atom. The minimum Gasteiger partial charge on any atom is -0.106 e. The molecule has 72 valence electrons. The molecule has 7 heteroatoms. The zero-order valence-electron chi connectivity index (χ0n) is 7.46. The summed E-state index contributed by atoms with van der Waals surface area (Å²) in [6, 6.07) is 0. The largest absolute Gasteiger partial charge is 0.106 e. The van der Waals surface area contributed by atoms with Crippen molar-refractivity contribution in [3.63, 3.8) is 0 Å². The maximum Gasteiger partial charge on any atom is 0.100 e. The Hall–Kier alpha value is 2.75. The SMILES string of the molecule is CCC=C(C)[PH+](PP)P(P)PP. The van der Waals surface area contributed by atoms with Crippen LogP contribution in [-0.2, 0) is 0 Å². The van der Waals surface area contributed by atoms with Crippen molar-refractivity contribution in [3.05, 3.63) is 11.4 Å². The van der Waals surface area contributed by atoms with Crippen molar-refractivity contribution < 1.29 is 0 Å². The molecule has 0 aromatic rings. The van der Waals surface area contributed by atoms with Crippen LogP contribution in [0.5, 0.6) is 0 Å². The predicted molar refractivity (Wildman–Crippen MR) is 85.0 cm³/mol. The van der Waals surface area contributed by atoms with Crippen LogP contribution in [0.2, 0.25) is 0 Å². The minimum absolute atomic E-state index is 0.182. The molecule has 0 heterocycles. The Morgan fingerprint density at radius 1 is 1.58 bits per heavy atom. The molecular formula is C5H18P7+. The number of allylic oxidation sites excluding steroid dienone is 2. The van der Waals surface area contributed by atoms with Gasteiger partial charge >= 0.3 is 0 Å². The van der Waals surface area contributed by atoms with Gasteiger partial charge in [-0.3, -0.25) is 0 Å². The van der Waals surface area contributed by atoms with Crippen LogP contribution in [0.25, 0.3) is 0 Å². The van der Waals surface area contributed by atoms with Gasteiger partial charge in [0.1, 0.15) is 6.99 Å². The molecule has 7 unspecified atom stereocenters. The zero-order valence-corrected chi connectivity index (χ0v) is 14.8. The molecule has 0 aromatic heterocycles. The summed E-state index contributed by atoms with van der Waals surface area (Å²) in [6.07, 6.45) is 3.61. The van der Waals surface area contributed by atoms with E-state index in [1.54, 1.807) is 5.31 Å². The van der Waals surface area contributed by atoms with Crippen molar-refractivity contribution in [1.82, 2.24) is 0 Å². The van der Waals surface area contributed by atoms with Gasteiger partial charge in [-0.1, -0.05) is 24.8 Å². The molecule has 0 nitrogen and oxygen atoms in total. The lowest BCUT2D eigenvalue weighted by Crippen LogP contribution is -1.63. The maximum atomic E-state index is 3.07. The van der Waals surface area contributed by atoms with Crippen LogP contribution < -0.4 is 0 Å². The first-order chi connectivity index (χ1) is 5.67. The fourth-order valence-corrected chi connectivity index (χ4v) is 36.9. The highest BCUT2D eigenvalue weighted by Crippen LogP contribution is 2.95. The first-order valence-corrected chi connectivity index (χ1v) is 16.4. The summed E-state index contributed by atoms with van der Waals surface area (Å²) in [4.78, 5) is 0. The normalized spacial score (nSPS) is 19.6. The van der Waals surface area contributed by atoms with Gasteiger partial charge in [-0.05, 0) is 27.4 Å². The summed E-state index contributed by atoms with van der Waals surface area (Å²) < 4.78 is 0. The maximum absolute atomic E-state index is 3.07. The van der Waals surface area contributed by atoms with Crippen LogP contribution >= 0.6 is 57.0 Å². The Balaban J connectivity index is 4.23. The van der Waals surface area contributed by atoms with Gasteiger partial charge in [-0.25, -0.2) is 0 Å². The molecule has 7 atom stereocenters. The summed E-state index contributed by atoms with van der Waals surface area (Å²) >= 11 is 0. The first-order valence-electron chi connectivity index (χ1n) is 3.69. The molecular weight excluding hydrogens is 277 g/mol. The van der Waals surface area contributed by atoms with E-state index in [9.17, 15) is 0 Å². The monoisotopic (exact) mass is 295 g/mol. The number of hydrogen-bond donors (Lipinski definition) is 0. The standard InChI is InChI=1S/C5H17P7/c1-3-4-5(2)11(9-6)12(8)10-7/h4,9-10H,3,6-8H2,1-2H3/p+1. The van der Waals surface area contributed by atoms with Crippen molar-refractivity contribution in [1.29, 1.82) is 0 Å². The van der Waals surface area contributed by atoms with E-state index < -0.39 is 0 Å². The third-order valence-corrected chi connectivity index (χ3v) is 35.5. The fraction of sp³-hybridized carbons (Fsp3) is 0.600. The lowest BCUT2D eigenvalue weighted by atomic mass is 10.4. The molecule has 0 aromatic carbocycles. The minimum atomic E-state index is -0.182. The van der Waals surface area contributed by atoms with Gasteiger partial charge in [0.15, 0.2) is 0 Å². The number of hydrogen-bond acceptors (Lipinski definition) is 0. The summed E-state index contributed by atoms with van der Waals surface area (Å²) in [7, 11) is 10.9.